The number of nitrogens with one attached hydrogen (secondary N) is 1. The van der Waals surface area contributed by atoms with Crippen LogP contribution in [0.5, 0.6) is 5.88 Å². The molecule has 1 aliphatic heterocycles. The summed E-state index contributed by atoms with van der Waals surface area (Å²) in [5.41, 5.74) is 7.85. The first-order chi connectivity index (χ1) is 10.2. The maximum atomic E-state index is 14.2. The number of hydrogen-bond donors (Lipinski definition) is 2. The first-order valence-corrected chi connectivity index (χ1v) is 6.56. The van der Waals surface area contributed by atoms with Gasteiger partial charge in [-0.1, -0.05) is 25.1 Å². The molecule has 0 radical (unpaired) electrons. The number of aryl methyl sites for hydroxylation is 1. The molecule has 0 spiro atoms. The SMILES string of the molecule is CCc1[nH]nc2c1C(c1ccccc1F)C(C#N)=C(N)O2. The lowest BCUT2D eigenvalue weighted by molar-refractivity contribution is 0.377. The Labute approximate surface area is 120 Å². The lowest BCUT2D eigenvalue weighted by Gasteiger charge is -2.24. The van der Waals surface area contributed by atoms with Gasteiger partial charge in [0.2, 0.25) is 11.8 Å². The standard InChI is InChI=1S/C15H13FN4O/c1-2-11-13-12(8-5-3-4-6-10(8)16)9(7-17)14(18)21-15(13)20-19-11/h3-6,12H,2,18H2,1H3,(H,19,20). The van der Waals surface area contributed by atoms with E-state index in [0.717, 1.165) is 5.69 Å². The summed E-state index contributed by atoms with van der Waals surface area (Å²) in [4.78, 5) is 0. The molecular weight excluding hydrogens is 271 g/mol. The molecule has 0 aliphatic carbocycles. The molecule has 2 heterocycles. The highest BCUT2D eigenvalue weighted by Gasteiger charge is 2.35. The Morgan fingerprint density at radius 1 is 1.48 bits per heavy atom. The van der Waals surface area contributed by atoms with E-state index >= 15 is 0 Å². The van der Waals surface area contributed by atoms with Crippen LogP contribution >= 0.6 is 0 Å². The van der Waals surface area contributed by atoms with Gasteiger partial charge in [-0.3, -0.25) is 5.10 Å². The number of fused-ring (bicyclic) bond motifs is 1. The average Bonchev–Trinajstić information content (AvgIpc) is 2.89. The molecular formula is C15H13FN4O. The van der Waals surface area contributed by atoms with Crippen LogP contribution in [0.4, 0.5) is 4.39 Å². The molecule has 1 aliphatic rings. The van der Waals surface area contributed by atoms with Gasteiger partial charge in [0.05, 0.1) is 11.5 Å². The van der Waals surface area contributed by atoms with Crippen molar-refractivity contribution in [1.29, 1.82) is 5.26 Å². The van der Waals surface area contributed by atoms with E-state index in [2.05, 4.69) is 10.2 Å². The molecule has 0 bridgehead atoms. The fourth-order valence-corrected chi connectivity index (χ4v) is 2.60. The van der Waals surface area contributed by atoms with Crippen molar-refractivity contribution in [2.24, 2.45) is 5.73 Å². The van der Waals surface area contributed by atoms with E-state index < -0.39 is 5.92 Å². The molecule has 6 heteroatoms. The topological polar surface area (TPSA) is 87.7 Å². The second-order valence-corrected chi connectivity index (χ2v) is 4.72. The second kappa shape index (κ2) is 4.94. The van der Waals surface area contributed by atoms with Crippen molar-refractivity contribution in [3.8, 4) is 11.9 Å². The minimum Gasteiger partial charge on any atom is -0.420 e. The molecule has 0 amide bonds. The van der Waals surface area contributed by atoms with E-state index in [4.69, 9.17) is 10.5 Å². The van der Waals surface area contributed by atoms with Crippen LogP contribution in [0.25, 0.3) is 0 Å². The number of hydrogen-bond acceptors (Lipinski definition) is 4. The van der Waals surface area contributed by atoms with Crippen LogP contribution in [0.3, 0.4) is 0 Å². The first-order valence-electron chi connectivity index (χ1n) is 6.56. The normalized spacial score (nSPS) is 17.1. The van der Waals surface area contributed by atoms with E-state index in [0.29, 0.717) is 23.4 Å². The molecule has 1 unspecified atom stereocenters. The summed E-state index contributed by atoms with van der Waals surface area (Å²) >= 11 is 0. The summed E-state index contributed by atoms with van der Waals surface area (Å²) in [6.07, 6.45) is 0.662. The minimum absolute atomic E-state index is 0.0348. The largest absolute Gasteiger partial charge is 0.420 e. The monoisotopic (exact) mass is 284 g/mol. The predicted molar refractivity (Wildman–Crippen MR) is 73.7 cm³/mol. The van der Waals surface area contributed by atoms with Crippen molar-refractivity contribution in [2.75, 3.05) is 0 Å². The van der Waals surface area contributed by atoms with Gasteiger partial charge < -0.3 is 10.5 Å². The third-order valence-corrected chi connectivity index (χ3v) is 3.59. The Morgan fingerprint density at radius 3 is 2.90 bits per heavy atom. The van der Waals surface area contributed by atoms with Gasteiger partial charge in [0.15, 0.2) is 0 Å². The smallest absolute Gasteiger partial charge is 0.244 e. The molecule has 1 atom stereocenters. The number of nitrogens with zero attached hydrogens (tertiary/aromatic N) is 2. The number of aromatic nitrogens is 2. The van der Waals surface area contributed by atoms with E-state index in [1.165, 1.54) is 6.07 Å². The second-order valence-electron chi connectivity index (χ2n) is 4.72. The van der Waals surface area contributed by atoms with Gasteiger partial charge in [0.25, 0.3) is 0 Å². The maximum Gasteiger partial charge on any atom is 0.244 e. The van der Waals surface area contributed by atoms with Crippen molar-refractivity contribution >= 4 is 0 Å². The fourth-order valence-electron chi connectivity index (χ4n) is 2.60. The van der Waals surface area contributed by atoms with Gasteiger partial charge in [0, 0.05) is 11.3 Å². The molecule has 2 aromatic rings. The molecule has 1 aromatic heterocycles. The molecule has 0 saturated carbocycles. The van der Waals surface area contributed by atoms with Crippen LogP contribution in [-0.2, 0) is 6.42 Å². The summed E-state index contributed by atoms with van der Waals surface area (Å²) in [5.74, 6) is -0.725. The Kier molecular flexibility index (Phi) is 3.10. The summed E-state index contributed by atoms with van der Waals surface area (Å²) < 4.78 is 19.6. The van der Waals surface area contributed by atoms with Crippen molar-refractivity contribution in [1.82, 2.24) is 10.2 Å². The van der Waals surface area contributed by atoms with Gasteiger partial charge in [-0.2, -0.15) is 5.26 Å². The van der Waals surface area contributed by atoms with E-state index in [-0.39, 0.29) is 17.3 Å². The van der Waals surface area contributed by atoms with E-state index in [1.807, 2.05) is 13.0 Å². The average molecular weight is 284 g/mol. The number of benzene rings is 1. The molecule has 1 aromatic carbocycles. The lowest BCUT2D eigenvalue weighted by atomic mass is 9.83. The summed E-state index contributed by atoms with van der Waals surface area (Å²) in [6, 6.07) is 8.37. The molecule has 5 nitrogen and oxygen atoms in total. The zero-order chi connectivity index (χ0) is 15.0. The number of halogens is 1. The third-order valence-electron chi connectivity index (χ3n) is 3.59. The number of ether oxygens (including phenoxy) is 1. The first kappa shape index (κ1) is 13.2. The summed E-state index contributed by atoms with van der Waals surface area (Å²) in [6.45, 7) is 1.94. The van der Waals surface area contributed by atoms with Crippen molar-refractivity contribution in [3.05, 3.63) is 58.4 Å². The number of aromatic amines is 1. The third kappa shape index (κ3) is 1.94. The maximum absolute atomic E-state index is 14.2. The number of allylic oxidation sites excluding steroid dienone is 1. The number of nitriles is 1. The number of nitrogens with two attached hydrogens (primary N) is 1. The Bertz CT molecular complexity index is 772. The highest BCUT2D eigenvalue weighted by atomic mass is 19.1. The quantitative estimate of drug-likeness (QED) is 0.886. The Morgan fingerprint density at radius 2 is 2.24 bits per heavy atom. The molecule has 0 fully saturated rings. The van der Waals surface area contributed by atoms with Crippen molar-refractivity contribution in [3.63, 3.8) is 0 Å². The van der Waals surface area contributed by atoms with E-state index in [1.54, 1.807) is 18.2 Å². The highest BCUT2D eigenvalue weighted by molar-refractivity contribution is 5.55. The van der Waals surface area contributed by atoms with Crippen molar-refractivity contribution in [2.45, 2.75) is 19.3 Å². The molecule has 0 saturated heterocycles. The van der Waals surface area contributed by atoms with Gasteiger partial charge >= 0.3 is 0 Å². The Hall–Kier alpha value is -2.81. The lowest BCUT2D eigenvalue weighted by Crippen LogP contribution is -2.21. The highest BCUT2D eigenvalue weighted by Crippen LogP contribution is 2.43. The summed E-state index contributed by atoms with van der Waals surface area (Å²) in [7, 11) is 0. The van der Waals surface area contributed by atoms with Gasteiger partial charge in [-0.15, -0.1) is 5.10 Å². The predicted octanol–water partition coefficient (Wildman–Crippen LogP) is 2.33. The molecule has 21 heavy (non-hydrogen) atoms. The molecule has 106 valence electrons. The number of H-pyrrole nitrogens is 1. The molecule has 3 N–H and O–H groups in total. The van der Waals surface area contributed by atoms with Crippen LogP contribution in [0, 0.1) is 17.1 Å². The Balaban J connectivity index is 2.28. The number of rotatable bonds is 2. The van der Waals surface area contributed by atoms with Crippen LogP contribution in [-0.4, -0.2) is 10.2 Å². The zero-order valence-electron chi connectivity index (χ0n) is 11.4. The van der Waals surface area contributed by atoms with Gasteiger partial charge in [0.1, 0.15) is 17.5 Å². The van der Waals surface area contributed by atoms with Crippen molar-refractivity contribution < 1.29 is 9.13 Å². The van der Waals surface area contributed by atoms with Crippen LogP contribution in [0.1, 0.15) is 29.7 Å². The summed E-state index contributed by atoms with van der Waals surface area (Å²) in [5, 5.41) is 16.3. The molecule has 3 rings (SSSR count). The van der Waals surface area contributed by atoms with Crippen LogP contribution in [0.15, 0.2) is 35.7 Å². The van der Waals surface area contributed by atoms with Crippen LogP contribution in [0.2, 0.25) is 0 Å². The van der Waals surface area contributed by atoms with E-state index in [9.17, 15) is 9.65 Å². The zero-order valence-corrected chi connectivity index (χ0v) is 11.4. The van der Waals surface area contributed by atoms with Crippen LogP contribution < -0.4 is 10.5 Å². The fraction of sp³-hybridized carbons (Fsp3) is 0.200. The van der Waals surface area contributed by atoms with Gasteiger partial charge in [-0.05, 0) is 12.5 Å². The van der Waals surface area contributed by atoms with Gasteiger partial charge in [-0.25, -0.2) is 4.39 Å². The minimum atomic E-state index is -0.603.